The van der Waals surface area contributed by atoms with Crippen LogP contribution in [0.15, 0.2) is 54.2 Å². The van der Waals surface area contributed by atoms with Gasteiger partial charge in [0.2, 0.25) is 0 Å². The van der Waals surface area contributed by atoms with Crippen LogP contribution in [-0.2, 0) is 4.79 Å². The van der Waals surface area contributed by atoms with Gasteiger partial charge in [0, 0.05) is 5.02 Å². The summed E-state index contributed by atoms with van der Waals surface area (Å²) in [6, 6.07) is 12.9. The van der Waals surface area contributed by atoms with E-state index in [2.05, 4.69) is 5.32 Å². The molecule has 6 heteroatoms. The summed E-state index contributed by atoms with van der Waals surface area (Å²) in [7, 11) is 0. The number of aliphatic carboxylic acids is 1. The fraction of sp³-hybridized carbons (Fsp3) is 0. The summed E-state index contributed by atoms with van der Waals surface area (Å²) in [5.74, 6) is -1.84. The average molecular weight is 336 g/mol. The van der Waals surface area contributed by atoms with Crippen molar-refractivity contribution in [3.05, 3.63) is 75.4 Å². The minimum absolute atomic E-state index is 0.201. The van der Waals surface area contributed by atoms with Gasteiger partial charge in [0.25, 0.3) is 5.91 Å². The lowest BCUT2D eigenvalue weighted by atomic mass is 10.1. The first-order valence-electron chi connectivity index (χ1n) is 6.24. The first-order chi connectivity index (χ1) is 10.5. The molecule has 2 aromatic carbocycles. The monoisotopic (exact) mass is 335 g/mol. The topological polar surface area (TPSA) is 66.4 Å². The maximum atomic E-state index is 12.1. The van der Waals surface area contributed by atoms with Crippen molar-refractivity contribution in [2.24, 2.45) is 0 Å². The molecule has 22 heavy (non-hydrogen) atoms. The quantitative estimate of drug-likeness (QED) is 0.834. The second-order valence-electron chi connectivity index (χ2n) is 4.35. The Morgan fingerprint density at radius 3 is 2.23 bits per heavy atom. The fourth-order valence-corrected chi connectivity index (χ4v) is 2.06. The zero-order chi connectivity index (χ0) is 16.1. The number of nitrogens with one attached hydrogen (secondary N) is 1. The number of rotatable bonds is 4. The van der Waals surface area contributed by atoms with E-state index in [1.54, 1.807) is 42.5 Å². The van der Waals surface area contributed by atoms with E-state index >= 15 is 0 Å². The van der Waals surface area contributed by atoms with Gasteiger partial charge in [-0.25, -0.2) is 4.79 Å². The number of hydrogen-bond donors (Lipinski definition) is 2. The third-order valence-electron chi connectivity index (χ3n) is 2.78. The van der Waals surface area contributed by atoms with Crippen LogP contribution in [0.3, 0.4) is 0 Å². The third-order valence-corrected chi connectivity index (χ3v) is 3.36. The van der Waals surface area contributed by atoms with Crippen LogP contribution in [-0.4, -0.2) is 17.0 Å². The SMILES string of the molecule is O=C(O)C(=Cc1ccc(Cl)cc1)NC(=O)c1ccccc1Cl. The van der Waals surface area contributed by atoms with Gasteiger partial charge in [-0.05, 0) is 35.9 Å². The minimum atomic E-state index is -1.25. The zero-order valence-electron chi connectivity index (χ0n) is 11.2. The van der Waals surface area contributed by atoms with Gasteiger partial charge in [-0.2, -0.15) is 0 Å². The second-order valence-corrected chi connectivity index (χ2v) is 5.19. The summed E-state index contributed by atoms with van der Waals surface area (Å²) in [4.78, 5) is 23.4. The molecule has 0 aliphatic carbocycles. The van der Waals surface area contributed by atoms with Gasteiger partial charge < -0.3 is 10.4 Å². The lowest BCUT2D eigenvalue weighted by Gasteiger charge is -2.07. The van der Waals surface area contributed by atoms with Crippen molar-refractivity contribution in [2.75, 3.05) is 0 Å². The molecule has 0 saturated carbocycles. The van der Waals surface area contributed by atoms with Gasteiger partial charge >= 0.3 is 5.97 Å². The van der Waals surface area contributed by atoms with E-state index in [-0.39, 0.29) is 16.3 Å². The minimum Gasteiger partial charge on any atom is -0.477 e. The molecule has 0 aliphatic rings. The Morgan fingerprint density at radius 2 is 1.64 bits per heavy atom. The maximum Gasteiger partial charge on any atom is 0.352 e. The van der Waals surface area contributed by atoms with Gasteiger partial charge in [-0.3, -0.25) is 4.79 Å². The Kier molecular flexibility index (Phi) is 5.20. The molecule has 0 aliphatic heterocycles. The summed E-state index contributed by atoms with van der Waals surface area (Å²) < 4.78 is 0. The van der Waals surface area contributed by atoms with Crippen LogP contribution in [0.4, 0.5) is 0 Å². The van der Waals surface area contributed by atoms with Gasteiger partial charge in [0.05, 0.1) is 10.6 Å². The maximum absolute atomic E-state index is 12.1. The lowest BCUT2D eigenvalue weighted by molar-refractivity contribution is -0.132. The third kappa shape index (κ3) is 4.10. The molecule has 0 heterocycles. The van der Waals surface area contributed by atoms with E-state index in [9.17, 15) is 14.7 Å². The van der Waals surface area contributed by atoms with Crippen molar-refractivity contribution >= 4 is 41.2 Å². The molecule has 2 aromatic rings. The van der Waals surface area contributed by atoms with Crippen LogP contribution in [0.2, 0.25) is 10.0 Å². The molecule has 112 valence electrons. The Balaban J connectivity index is 2.26. The smallest absolute Gasteiger partial charge is 0.352 e. The molecule has 0 saturated heterocycles. The zero-order valence-corrected chi connectivity index (χ0v) is 12.7. The molecule has 0 bridgehead atoms. The second kappa shape index (κ2) is 7.11. The van der Waals surface area contributed by atoms with Crippen LogP contribution in [0.25, 0.3) is 6.08 Å². The van der Waals surface area contributed by atoms with E-state index in [1.165, 1.54) is 12.1 Å². The van der Waals surface area contributed by atoms with Crippen LogP contribution in [0.1, 0.15) is 15.9 Å². The molecular formula is C16H11Cl2NO3. The number of carbonyl (C=O) groups excluding carboxylic acids is 1. The van der Waals surface area contributed by atoms with E-state index in [0.717, 1.165) is 0 Å². The molecule has 0 spiro atoms. The summed E-state index contributed by atoms with van der Waals surface area (Å²) in [5.41, 5.74) is 0.543. The van der Waals surface area contributed by atoms with E-state index in [4.69, 9.17) is 23.2 Å². The van der Waals surface area contributed by atoms with E-state index < -0.39 is 11.9 Å². The Bertz CT molecular complexity index is 739. The molecule has 0 fully saturated rings. The molecule has 2 rings (SSSR count). The molecule has 0 aromatic heterocycles. The van der Waals surface area contributed by atoms with Gasteiger partial charge in [-0.1, -0.05) is 47.5 Å². The highest BCUT2D eigenvalue weighted by molar-refractivity contribution is 6.34. The normalized spacial score (nSPS) is 11.1. The van der Waals surface area contributed by atoms with Crippen molar-refractivity contribution < 1.29 is 14.7 Å². The predicted molar refractivity (Wildman–Crippen MR) is 86.0 cm³/mol. The summed E-state index contributed by atoms with van der Waals surface area (Å²) >= 11 is 11.7. The van der Waals surface area contributed by atoms with Gasteiger partial charge in [0.15, 0.2) is 0 Å². The van der Waals surface area contributed by atoms with Crippen LogP contribution < -0.4 is 5.32 Å². The highest BCUT2D eigenvalue weighted by Gasteiger charge is 2.15. The highest BCUT2D eigenvalue weighted by atomic mass is 35.5. The molecule has 2 N–H and O–H groups in total. The van der Waals surface area contributed by atoms with Crippen LogP contribution >= 0.6 is 23.2 Å². The number of halogens is 2. The standard InChI is InChI=1S/C16H11Cl2NO3/c17-11-7-5-10(6-8-11)9-14(16(21)22)19-15(20)12-3-1-2-4-13(12)18/h1-9H,(H,19,20)(H,21,22). The number of carboxylic acid groups (broad SMARTS) is 1. The first kappa shape index (κ1) is 16.1. The number of carbonyl (C=O) groups is 2. The summed E-state index contributed by atoms with van der Waals surface area (Å²) in [6.07, 6.45) is 1.34. The van der Waals surface area contributed by atoms with Crippen molar-refractivity contribution in [1.82, 2.24) is 5.32 Å². The van der Waals surface area contributed by atoms with E-state index in [1.807, 2.05) is 0 Å². The number of benzene rings is 2. The Hall–Kier alpha value is -2.30. The molecule has 0 atom stereocenters. The highest BCUT2D eigenvalue weighted by Crippen LogP contribution is 2.16. The summed E-state index contributed by atoms with van der Waals surface area (Å²) in [6.45, 7) is 0. The van der Waals surface area contributed by atoms with Crippen molar-refractivity contribution in [1.29, 1.82) is 0 Å². The number of carboxylic acids is 1. The average Bonchev–Trinajstić information content (AvgIpc) is 2.49. The van der Waals surface area contributed by atoms with Gasteiger partial charge in [-0.15, -0.1) is 0 Å². The number of hydrogen-bond acceptors (Lipinski definition) is 2. The predicted octanol–water partition coefficient (Wildman–Crippen LogP) is 3.85. The van der Waals surface area contributed by atoms with Crippen molar-refractivity contribution in [3.63, 3.8) is 0 Å². The molecule has 4 nitrogen and oxygen atoms in total. The molecular weight excluding hydrogens is 325 g/mol. The van der Waals surface area contributed by atoms with E-state index in [0.29, 0.717) is 10.6 Å². The van der Waals surface area contributed by atoms with Crippen LogP contribution in [0.5, 0.6) is 0 Å². The first-order valence-corrected chi connectivity index (χ1v) is 6.99. The summed E-state index contributed by atoms with van der Waals surface area (Å²) in [5, 5.41) is 12.3. The largest absolute Gasteiger partial charge is 0.477 e. The Morgan fingerprint density at radius 1 is 1.00 bits per heavy atom. The van der Waals surface area contributed by atoms with Gasteiger partial charge in [0.1, 0.15) is 5.70 Å². The Labute approximate surface area is 137 Å². The molecule has 1 amide bonds. The molecule has 0 unspecified atom stereocenters. The van der Waals surface area contributed by atoms with Crippen molar-refractivity contribution in [2.45, 2.75) is 0 Å². The van der Waals surface area contributed by atoms with Crippen LogP contribution in [0, 0.1) is 0 Å². The molecule has 0 radical (unpaired) electrons. The number of amides is 1. The van der Waals surface area contributed by atoms with Crippen molar-refractivity contribution in [3.8, 4) is 0 Å². The lowest BCUT2D eigenvalue weighted by Crippen LogP contribution is -2.27. The fourth-order valence-electron chi connectivity index (χ4n) is 1.71.